The summed E-state index contributed by atoms with van der Waals surface area (Å²) in [6.07, 6.45) is 0.0743. The van der Waals surface area contributed by atoms with E-state index in [1.54, 1.807) is 12.1 Å². The molecule has 3 nitrogen and oxygen atoms in total. The average Bonchev–Trinajstić information content (AvgIpc) is 2.05. The van der Waals surface area contributed by atoms with Gasteiger partial charge in [-0.1, -0.05) is 24.3 Å². The van der Waals surface area contributed by atoms with E-state index in [-0.39, 0.29) is 6.42 Å². The number of carboxylic acid groups (broad SMARTS) is 1. The SMILES string of the molecule is NCc1ccc(CC(=O)O)cc1. The van der Waals surface area contributed by atoms with Gasteiger partial charge < -0.3 is 10.8 Å². The Labute approximate surface area is 70.8 Å². The van der Waals surface area contributed by atoms with Crippen molar-refractivity contribution in [2.24, 2.45) is 5.73 Å². The van der Waals surface area contributed by atoms with Crippen molar-refractivity contribution in [2.45, 2.75) is 13.0 Å². The van der Waals surface area contributed by atoms with E-state index < -0.39 is 5.97 Å². The van der Waals surface area contributed by atoms with Gasteiger partial charge in [0.2, 0.25) is 0 Å². The van der Waals surface area contributed by atoms with Crippen LogP contribution in [0.3, 0.4) is 0 Å². The largest absolute Gasteiger partial charge is 0.481 e. The van der Waals surface area contributed by atoms with Crippen molar-refractivity contribution in [3.05, 3.63) is 35.4 Å². The van der Waals surface area contributed by atoms with Gasteiger partial charge >= 0.3 is 5.97 Å². The van der Waals surface area contributed by atoms with Crippen LogP contribution in [0.15, 0.2) is 24.3 Å². The van der Waals surface area contributed by atoms with Crippen LogP contribution in [-0.4, -0.2) is 11.1 Å². The number of aliphatic carboxylic acids is 1. The molecule has 0 aliphatic carbocycles. The molecule has 0 radical (unpaired) electrons. The van der Waals surface area contributed by atoms with Crippen molar-refractivity contribution in [1.82, 2.24) is 0 Å². The molecule has 0 aliphatic rings. The van der Waals surface area contributed by atoms with Crippen LogP contribution < -0.4 is 5.73 Å². The Kier molecular flexibility index (Phi) is 2.82. The number of nitrogens with two attached hydrogens (primary N) is 1. The van der Waals surface area contributed by atoms with E-state index in [9.17, 15) is 4.79 Å². The first-order valence-corrected chi connectivity index (χ1v) is 3.72. The van der Waals surface area contributed by atoms with Crippen molar-refractivity contribution in [3.63, 3.8) is 0 Å². The molecule has 0 spiro atoms. The van der Waals surface area contributed by atoms with Gasteiger partial charge in [-0.05, 0) is 11.1 Å². The van der Waals surface area contributed by atoms with Crippen LogP contribution in [0.4, 0.5) is 0 Å². The number of carbonyl (C=O) groups is 1. The fourth-order valence-corrected chi connectivity index (χ4v) is 0.968. The number of carboxylic acids is 1. The zero-order valence-electron chi connectivity index (χ0n) is 6.66. The fourth-order valence-electron chi connectivity index (χ4n) is 0.968. The van der Waals surface area contributed by atoms with E-state index in [2.05, 4.69) is 0 Å². The quantitative estimate of drug-likeness (QED) is 0.695. The predicted molar refractivity (Wildman–Crippen MR) is 45.7 cm³/mol. The first kappa shape index (κ1) is 8.74. The maximum absolute atomic E-state index is 10.3. The second-order valence-corrected chi connectivity index (χ2v) is 2.59. The highest BCUT2D eigenvalue weighted by Crippen LogP contribution is 2.04. The molecule has 3 heteroatoms. The molecule has 0 heterocycles. The van der Waals surface area contributed by atoms with Crippen LogP contribution >= 0.6 is 0 Å². The summed E-state index contributed by atoms with van der Waals surface area (Å²) < 4.78 is 0. The molecule has 0 fully saturated rings. The van der Waals surface area contributed by atoms with E-state index >= 15 is 0 Å². The molecule has 0 aromatic heterocycles. The predicted octanol–water partition coefficient (Wildman–Crippen LogP) is 0.772. The van der Waals surface area contributed by atoms with Gasteiger partial charge in [0, 0.05) is 6.54 Å². The van der Waals surface area contributed by atoms with Crippen molar-refractivity contribution < 1.29 is 9.90 Å². The van der Waals surface area contributed by atoms with Crippen LogP contribution in [0.25, 0.3) is 0 Å². The van der Waals surface area contributed by atoms with Gasteiger partial charge in [0.05, 0.1) is 6.42 Å². The fraction of sp³-hybridized carbons (Fsp3) is 0.222. The van der Waals surface area contributed by atoms with Crippen LogP contribution in [0.2, 0.25) is 0 Å². The standard InChI is InChI=1S/C9H11NO2/c10-6-8-3-1-7(2-4-8)5-9(11)12/h1-4H,5-6,10H2,(H,11,12). The first-order chi connectivity index (χ1) is 5.72. The molecule has 0 aliphatic heterocycles. The average molecular weight is 165 g/mol. The van der Waals surface area contributed by atoms with E-state index in [4.69, 9.17) is 10.8 Å². The van der Waals surface area contributed by atoms with E-state index in [0.29, 0.717) is 6.54 Å². The summed E-state index contributed by atoms with van der Waals surface area (Å²) in [7, 11) is 0. The molecule has 0 atom stereocenters. The first-order valence-electron chi connectivity index (χ1n) is 3.72. The van der Waals surface area contributed by atoms with Crippen LogP contribution in [-0.2, 0) is 17.8 Å². The summed E-state index contributed by atoms with van der Waals surface area (Å²) >= 11 is 0. The van der Waals surface area contributed by atoms with Crippen molar-refractivity contribution in [3.8, 4) is 0 Å². The minimum atomic E-state index is -0.810. The van der Waals surface area contributed by atoms with Crippen LogP contribution in [0, 0.1) is 0 Å². The number of rotatable bonds is 3. The van der Waals surface area contributed by atoms with Gasteiger partial charge in [0.15, 0.2) is 0 Å². The maximum atomic E-state index is 10.3. The minimum Gasteiger partial charge on any atom is -0.481 e. The van der Waals surface area contributed by atoms with Crippen molar-refractivity contribution >= 4 is 5.97 Å². The summed E-state index contributed by atoms with van der Waals surface area (Å²) in [5.74, 6) is -0.810. The Morgan fingerprint density at radius 2 is 1.75 bits per heavy atom. The molecule has 1 aromatic carbocycles. The lowest BCUT2D eigenvalue weighted by atomic mass is 10.1. The molecule has 0 saturated carbocycles. The Balaban J connectivity index is 2.71. The third-order valence-corrected chi connectivity index (χ3v) is 1.61. The molecule has 1 rings (SSSR count). The molecule has 0 bridgehead atoms. The second-order valence-electron chi connectivity index (χ2n) is 2.59. The van der Waals surface area contributed by atoms with Gasteiger partial charge in [-0.25, -0.2) is 0 Å². The zero-order valence-corrected chi connectivity index (χ0v) is 6.66. The lowest BCUT2D eigenvalue weighted by molar-refractivity contribution is -0.136. The van der Waals surface area contributed by atoms with E-state index in [1.165, 1.54) is 0 Å². The topological polar surface area (TPSA) is 63.3 Å². The van der Waals surface area contributed by atoms with Crippen LogP contribution in [0.1, 0.15) is 11.1 Å². The zero-order chi connectivity index (χ0) is 8.97. The third-order valence-electron chi connectivity index (χ3n) is 1.61. The van der Waals surface area contributed by atoms with Gasteiger partial charge in [-0.2, -0.15) is 0 Å². The molecule has 12 heavy (non-hydrogen) atoms. The second kappa shape index (κ2) is 3.88. The molecule has 0 amide bonds. The lowest BCUT2D eigenvalue weighted by Gasteiger charge is -1.98. The number of benzene rings is 1. The molecule has 64 valence electrons. The molecule has 3 N–H and O–H groups in total. The normalized spacial score (nSPS) is 9.75. The van der Waals surface area contributed by atoms with Gasteiger partial charge in [0.25, 0.3) is 0 Å². The summed E-state index contributed by atoms with van der Waals surface area (Å²) in [5.41, 5.74) is 7.21. The smallest absolute Gasteiger partial charge is 0.307 e. The third kappa shape index (κ3) is 2.36. The van der Waals surface area contributed by atoms with E-state index in [1.807, 2.05) is 12.1 Å². The Morgan fingerprint density at radius 1 is 1.25 bits per heavy atom. The molecule has 0 saturated heterocycles. The van der Waals surface area contributed by atoms with Crippen molar-refractivity contribution in [2.75, 3.05) is 0 Å². The van der Waals surface area contributed by atoms with Crippen LogP contribution in [0.5, 0.6) is 0 Å². The van der Waals surface area contributed by atoms with Gasteiger partial charge in [-0.3, -0.25) is 4.79 Å². The molecule has 1 aromatic rings. The Morgan fingerprint density at radius 3 is 2.17 bits per heavy atom. The minimum absolute atomic E-state index is 0.0743. The molecule has 0 unspecified atom stereocenters. The molecular weight excluding hydrogens is 154 g/mol. The number of hydrogen-bond donors (Lipinski definition) is 2. The highest BCUT2D eigenvalue weighted by atomic mass is 16.4. The summed E-state index contributed by atoms with van der Waals surface area (Å²) in [4.78, 5) is 10.3. The monoisotopic (exact) mass is 165 g/mol. The van der Waals surface area contributed by atoms with E-state index in [0.717, 1.165) is 11.1 Å². The molecular formula is C9H11NO2. The van der Waals surface area contributed by atoms with Gasteiger partial charge in [-0.15, -0.1) is 0 Å². The summed E-state index contributed by atoms with van der Waals surface area (Å²) in [6.45, 7) is 0.493. The van der Waals surface area contributed by atoms with Gasteiger partial charge in [0.1, 0.15) is 0 Å². The highest BCUT2D eigenvalue weighted by Gasteiger charge is 1.98. The van der Waals surface area contributed by atoms with Crippen molar-refractivity contribution in [1.29, 1.82) is 0 Å². The number of hydrogen-bond acceptors (Lipinski definition) is 2. The Bertz CT molecular complexity index is 266. The lowest BCUT2D eigenvalue weighted by Crippen LogP contribution is -2.01. The maximum Gasteiger partial charge on any atom is 0.307 e. The highest BCUT2D eigenvalue weighted by molar-refractivity contribution is 5.70. The summed E-state index contributed by atoms with van der Waals surface area (Å²) in [5, 5.41) is 8.47. The summed E-state index contributed by atoms with van der Waals surface area (Å²) in [6, 6.07) is 7.27. The Hall–Kier alpha value is -1.35.